The highest BCUT2D eigenvalue weighted by Crippen LogP contribution is 2.65. The van der Waals surface area contributed by atoms with Gasteiger partial charge in [0.1, 0.15) is 0 Å². The van der Waals surface area contributed by atoms with Crippen molar-refractivity contribution < 1.29 is 19.4 Å². The monoisotopic (exact) mass is 306 g/mol. The molecule has 122 valence electrons. The Hall–Kier alpha value is -1.13. The van der Waals surface area contributed by atoms with Crippen LogP contribution in [0.3, 0.4) is 0 Å². The van der Waals surface area contributed by atoms with Crippen LogP contribution in [0.5, 0.6) is 0 Å². The van der Waals surface area contributed by atoms with Crippen molar-refractivity contribution >= 4 is 5.97 Å². The van der Waals surface area contributed by atoms with Crippen LogP contribution in [0.1, 0.15) is 38.5 Å². The van der Waals surface area contributed by atoms with E-state index in [2.05, 4.69) is 13.2 Å². The van der Waals surface area contributed by atoms with E-state index in [1.165, 1.54) is 31.4 Å². The standard InChI is InChI=1S/C18H26O4/c1-3-15(19)21-11-17-6-13-5-14(7-17)9-18(8-13,10-17)12-22-16(20)4-2/h3-4,13-15,19H,1-2,5-12H2. The first kappa shape index (κ1) is 15.8. The van der Waals surface area contributed by atoms with Crippen molar-refractivity contribution in [3.8, 4) is 0 Å². The minimum absolute atomic E-state index is 0.102. The van der Waals surface area contributed by atoms with Crippen molar-refractivity contribution in [3.63, 3.8) is 0 Å². The summed E-state index contributed by atoms with van der Waals surface area (Å²) in [7, 11) is 0. The van der Waals surface area contributed by atoms with E-state index in [9.17, 15) is 9.90 Å². The highest BCUT2D eigenvalue weighted by atomic mass is 16.6. The van der Waals surface area contributed by atoms with Crippen LogP contribution in [0, 0.1) is 22.7 Å². The maximum absolute atomic E-state index is 11.4. The molecule has 4 nitrogen and oxygen atoms in total. The summed E-state index contributed by atoms with van der Waals surface area (Å²) >= 11 is 0. The molecule has 0 amide bonds. The molecule has 4 bridgehead atoms. The molecule has 3 unspecified atom stereocenters. The van der Waals surface area contributed by atoms with Gasteiger partial charge in [-0.25, -0.2) is 4.79 Å². The van der Waals surface area contributed by atoms with Gasteiger partial charge in [0.05, 0.1) is 13.2 Å². The molecular formula is C18H26O4. The summed E-state index contributed by atoms with van der Waals surface area (Å²) in [6, 6.07) is 0. The summed E-state index contributed by atoms with van der Waals surface area (Å²) in [6.07, 6.45) is 8.74. The molecule has 1 N–H and O–H groups in total. The van der Waals surface area contributed by atoms with Gasteiger partial charge < -0.3 is 14.6 Å². The zero-order valence-electron chi connectivity index (χ0n) is 13.1. The normalized spacial score (nSPS) is 40.2. The van der Waals surface area contributed by atoms with Crippen molar-refractivity contribution in [1.82, 2.24) is 0 Å². The lowest BCUT2D eigenvalue weighted by molar-refractivity contribution is -0.185. The third-order valence-electron chi connectivity index (χ3n) is 5.75. The average molecular weight is 306 g/mol. The molecule has 4 aliphatic rings. The highest BCUT2D eigenvalue weighted by molar-refractivity contribution is 5.81. The number of carbonyl (C=O) groups is 1. The molecule has 22 heavy (non-hydrogen) atoms. The zero-order valence-corrected chi connectivity index (χ0v) is 13.1. The maximum Gasteiger partial charge on any atom is 0.330 e. The van der Waals surface area contributed by atoms with Crippen LogP contribution < -0.4 is 0 Å². The second kappa shape index (κ2) is 5.82. The Morgan fingerprint density at radius 3 is 2.32 bits per heavy atom. The fourth-order valence-electron chi connectivity index (χ4n) is 5.60. The molecule has 4 aliphatic carbocycles. The van der Waals surface area contributed by atoms with E-state index in [1.807, 2.05) is 0 Å². The van der Waals surface area contributed by atoms with Gasteiger partial charge in [-0.05, 0) is 61.9 Å². The molecule has 4 heteroatoms. The number of carbonyl (C=O) groups excluding carboxylic acids is 1. The van der Waals surface area contributed by atoms with E-state index < -0.39 is 6.29 Å². The van der Waals surface area contributed by atoms with E-state index in [0.29, 0.717) is 25.0 Å². The quantitative estimate of drug-likeness (QED) is 0.340. The number of rotatable bonds is 7. The second-order valence-corrected chi connectivity index (χ2v) is 7.71. The lowest BCUT2D eigenvalue weighted by atomic mass is 9.44. The van der Waals surface area contributed by atoms with E-state index in [1.54, 1.807) is 0 Å². The second-order valence-electron chi connectivity index (χ2n) is 7.71. The molecule has 0 aromatic carbocycles. The van der Waals surface area contributed by atoms with Gasteiger partial charge in [-0.1, -0.05) is 13.2 Å². The third-order valence-corrected chi connectivity index (χ3v) is 5.75. The predicted octanol–water partition coefficient (Wildman–Crippen LogP) is 2.82. The Morgan fingerprint density at radius 1 is 1.18 bits per heavy atom. The summed E-state index contributed by atoms with van der Waals surface area (Å²) < 4.78 is 11.0. The lowest BCUT2D eigenvalue weighted by Gasteiger charge is -2.61. The maximum atomic E-state index is 11.4. The third kappa shape index (κ3) is 2.99. The van der Waals surface area contributed by atoms with Crippen molar-refractivity contribution in [1.29, 1.82) is 0 Å². The summed E-state index contributed by atoms with van der Waals surface area (Å²) in [5.74, 6) is 1.07. The van der Waals surface area contributed by atoms with Crippen molar-refractivity contribution in [2.75, 3.05) is 13.2 Å². The molecule has 0 aliphatic heterocycles. The molecule has 4 fully saturated rings. The van der Waals surface area contributed by atoms with Gasteiger partial charge in [-0.2, -0.15) is 0 Å². The molecule has 0 heterocycles. The van der Waals surface area contributed by atoms with E-state index in [4.69, 9.17) is 9.47 Å². The van der Waals surface area contributed by atoms with E-state index in [0.717, 1.165) is 19.3 Å². The van der Waals surface area contributed by atoms with Gasteiger partial charge in [0.15, 0.2) is 6.29 Å². The first-order chi connectivity index (χ1) is 10.5. The fraction of sp³-hybridized carbons (Fsp3) is 0.722. The Bertz CT molecular complexity index is 456. The number of aliphatic hydroxyl groups is 1. The van der Waals surface area contributed by atoms with Crippen LogP contribution >= 0.6 is 0 Å². The van der Waals surface area contributed by atoms with Crippen LogP contribution in [0.4, 0.5) is 0 Å². The van der Waals surface area contributed by atoms with Crippen molar-refractivity contribution in [2.24, 2.45) is 22.7 Å². The largest absolute Gasteiger partial charge is 0.462 e. The number of hydrogen-bond acceptors (Lipinski definition) is 4. The number of hydrogen-bond donors (Lipinski definition) is 1. The van der Waals surface area contributed by atoms with Gasteiger partial charge in [-0.3, -0.25) is 0 Å². The summed E-state index contributed by atoms with van der Waals surface area (Å²) in [5, 5.41) is 9.61. The van der Waals surface area contributed by atoms with Gasteiger partial charge in [0.25, 0.3) is 0 Å². The van der Waals surface area contributed by atoms with Crippen LogP contribution in [-0.2, 0) is 14.3 Å². The summed E-state index contributed by atoms with van der Waals surface area (Å²) in [6.45, 7) is 8.09. The van der Waals surface area contributed by atoms with Crippen LogP contribution in [-0.4, -0.2) is 30.6 Å². The average Bonchev–Trinajstić information content (AvgIpc) is 2.49. The molecule has 0 radical (unpaired) electrons. The van der Waals surface area contributed by atoms with E-state index >= 15 is 0 Å². The Labute approximate surface area is 132 Å². The Kier molecular flexibility index (Phi) is 4.17. The van der Waals surface area contributed by atoms with Crippen LogP contribution in [0.15, 0.2) is 25.3 Å². The van der Waals surface area contributed by atoms with Gasteiger partial charge in [0, 0.05) is 11.5 Å². The van der Waals surface area contributed by atoms with Gasteiger partial charge in [-0.15, -0.1) is 0 Å². The Morgan fingerprint density at radius 2 is 1.77 bits per heavy atom. The minimum Gasteiger partial charge on any atom is -0.462 e. The first-order valence-electron chi connectivity index (χ1n) is 8.20. The molecule has 0 aromatic heterocycles. The zero-order chi connectivity index (χ0) is 15.8. The molecule has 4 rings (SSSR count). The number of ether oxygens (including phenoxy) is 2. The van der Waals surface area contributed by atoms with E-state index in [-0.39, 0.29) is 16.8 Å². The predicted molar refractivity (Wildman–Crippen MR) is 82.9 cm³/mol. The molecule has 4 saturated carbocycles. The highest BCUT2D eigenvalue weighted by Gasteiger charge is 2.58. The molecule has 3 atom stereocenters. The fourth-order valence-corrected chi connectivity index (χ4v) is 5.60. The van der Waals surface area contributed by atoms with Gasteiger partial charge >= 0.3 is 5.97 Å². The summed E-state index contributed by atoms with van der Waals surface area (Å²) in [4.78, 5) is 11.4. The SMILES string of the molecule is C=CC(=O)OCC12CC3CC(C1)CC(COC(O)C=C)(C3)C2. The Balaban J connectivity index is 1.70. The number of esters is 1. The van der Waals surface area contributed by atoms with Crippen LogP contribution in [0.25, 0.3) is 0 Å². The molecule has 0 aromatic rings. The number of aliphatic hydroxyl groups excluding tert-OH is 1. The summed E-state index contributed by atoms with van der Waals surface area (Å²) in [5.41, 5.74) is 0.236. The van der Waals surface area contributed by atoms with Crippen molar-refractivity contribution in [2.45, 2.75) is 44.8 Å². The first-order valence-corrected chi connectivity index (χ1v) is 8.20. The minimum atomic E-state index is -0.887. The molecular weight excluding hydrogens is 280 g/mol. The molecule has 0 saturated heterocycles. The van der Waals surface area contributed by atoms with Crippen molar-refractivity contribution in [3.05, 3.63) is 25.3 Å². The topological polar surface area (TPSA) is 55.8 Å². The lowest BCUT2D eigenvalue weighted by Crippen LogP contribution is -2.55. The van der Waals surface area contributed by atoms with Gasteiger partial charge in [0.2, 0.25) is 0 Å². The molecule has 0 spiro atoms. The van der Waals surface area contributed by atoms with Crippen LogP contribution in [0.2, 0.25) is 0 Å². The smallest absolute Gasteiger partial charge is 0.330 e.